The number of H-pyrrole nitrogens is 1. The Kier molecular flexibility index (Phi) is 3.29. The number of nitrogens with zero attached hydrogens (tertiary/aromatic N) is 3. The zero-order chi connectivity index (χ0) is 13.3. The van der Waals surface area contributed by atoms with E-state index in [1.54, 1.807) is 18.1 Å². The summed E-state index contributed by atoms with van der Waals surface area (Å²) in [5, 5.41) is 7.75. The van der Waals surface area contributed by atoms with Gasteiger partial charge < -0.3 is 10.6 Å². The predicted molar refractivity (Wildman–Crippen MR) is 69.2 cm³/mol. The van der Waals surface area contributed by atoms with Gasteiger partial charge in [0.1, 0.15) is 0 Å². The lowest BCUT2D eigenvalue weighted by atomic mass is 10.1. The predicted octanol–water partition coefficient (Wildman–Crippen LogP) is 0.686. The van der Waals surface area contributed by atoms with Gasteiger partial charge in [-0.15, -0.1) is 0 Å². The van der Waals surface area contributed by atoms with Crippen molar-refractivity contribution in [2.75, 3.05) is 13.6 Å². The molecule has 0 fully saturated rings. The van der Waals surface area contributed by atoms with Crippen molar-refractivity contribution in [2.45, 2.75) is 19.9 Å². The number of rotatable bonds is 3. The summed E-state index contributed by atoms with van der Waals surface area (Å²) >= 11 is 0. The second-order valence-electron chi connectivity index (χ2n) is 4.44. The Bertz CT molecular complexity index is 577. The highest BCUT2D eigenvalue weighted by molar-refractivity contribution is 5.97. The number of hydrogen-bond donors (Lipinski definition) is 2. The van der Waals surface area contributed by atoms with E-state index < -0.39 is 0 Å². The minimum Gasteiger partial charge on any atom is -0.338 e. The van der Waals surface area contributed by atoms with Gasteiger partial charge in [-0.25, -0.2) is 4.98 Å². The molecular formula is C12H17N5O. The third-order valence-electron chi connectivity index (χ3n) is 3.17. The molecule has 0 radical (unpaired) electrons. The van der Waals surface area contributed by atoms with E-state index >= 15 is 0 Å². The molecule has 0 spiro atoms. The number of fused-ring (bicyclic) bond motifs is 1. The molecule has 1 atom stereocenters. The summed E-state index contributed by atoms with van der Waals surface area (Å²) in [7, 11) is 1.74. The van der Waals surface area contributed by atoms with Crippen LogP contribution in [0.1, 0.15) is 23.0 Å². The zero-order valence-corrected chi connectivity index (χ0v) is 10.8. The number of aryl methyl sites for hydroxylation is 1. The van der Waals surface area contributed by atoms with E-state index in [4.69, 9.17) is 5.73 Å². The van der Waals surface area contributed by atoms with Crippen molar-refractivity contribution in [1.29, 1.82) is 0 Å². The van der Waals surface area contributed by atoms with Gasteiger partial charge in [-0.2, -0.15) is 5.10 Å². The van der Waals surface area contributed by atoms with Gasteiger partial charge in [0.25, 0.3) is 5.91 Å². The van der Waals surface area contributed by atoms with E-state index in [2.05, 4.69) is 15.2 Å². The lowest BCUT2D eigenvalue weighted by Gasteiger charge is -2.23. The largest absolute Gasteiger partial charge is 0.338 e. The molecule has 0 aliphatic rings. The number of likely N-dealkylation sites (N-methyl/N-ethyl adjacent to an activating group) is 1. The minimum atomic E-state index is -0.0806. The Labute approximate surface area is 105 Å². The first-order valence-corrected chi connectivity index (χ1v) is 5.82. The van der Waals surface area contributed by atoms with Crippen molar-refractivity contribution < 1.29 is 4.79 Å². The topological polar surface area (TPSA) is 87.9 Å². The van der Waals surface area contributed by atoms with Crippen LogP contribution in [0, 0.1) is 6.92 Å². The van der Waals surface area contributed by atoms with Crippen LogP contribution in [0.4, 0.5) is 0 Å². The van der Waals surface area contributed by atoms with Crippen LogP contribution in [0.2, 0.25) is 0 Å². The van der Waals surface area contributed by atoms with E-state index in [0.29, 0.717) is 17.8 Å². The first-order chi connectivity index (χ1) is 8.54. The number of hydrogen-bond acceptors (Lipinski definition) is 4. The maximum Gasteiger partial charge on any atom is 0.255 e. The van der Waals surface area contributed by atoms with Crippen LogP contribution in [-0.4, -0.2) is 45.6 Å². The molecule has 0 aliphatic heterocycles. The number of pyridine rings is 1. The lowest BCUT2D eigenvalue weighted by molar-refractivity contribution is 0.0748. The first-order valence-electron chi connectivity index (χ1n) is 5.82. The smallest absolute Gasteiger partial charge is 0.255 e. The van der Waals surface area contributed by atoms with Crippen LogP contribution in [0.3, 0.4) is 0 Å². The molecule has 1 unspecified atom stereocenters. The molecule has 1 amide bonds. The van der Waals surface area contributed by atoms with Crippen LogP contribution in [0.25, 0.3) is 11.0 Å². The maximum absolute atomic E-state index is 12.2. The molecule has 0 bridgehead atoms. The molecule has 0 saturated heterocycles. The van der Waals surface area contributed by atoms with Gasteiger partial charge in [-0.05, 0) is 19.9 Å². The monoisotopic (exact) mass is 247 g/mol. The molecule has 2 aromatic rings. The Morgan fingerprint density at radius 1 is 1.61 bits per heavy atom. The molecule has 0 saturated carbocycles. The standard InChI is InChI=1S/C12H17N5O/c1-7(5-13)17(3)12(18)9-4-10-8(2)15-16-11(10)14-6-9/h4,6-7H,5,13H2,1-3H3,(H,14,15,16). The normalized spacial score (nSPS) is 12.7. The summed E-state index contributed by atoms with van der Waals surface area (Å²) in [6, 6.07) is 1.81. The average Bonchev–Trinajstić information content (AvgIpc) is 2.77. The number of aromatic amines is 1. The van der Waals surface area contributed by atoms with Gasteiger partial charge in [0, 0.05) is 36.9 Å². The highest BCUT2D eigenvalue weighted by Crippen LogP contribution is 2.15. The second kappa shape index (κ2) is 4.73. The summed E-state index contributed by atoms with van der Waals surface area (Å²) < 4.78 is 0. The summed E-state index contributed by atoms with van der Waals surface area (Å²) in [6.45, 7) is 4.24. The summed E-state index contributed by atoms with van der Waals surface area (Å²) in [4.78, 5) is 18.0. The molecule has 2 aromatic heterocycles. The van der Waals surface area contributed by atoms with Crippen LogP contribution >= 0.6 is 0 Å². The molecule has 3 N–H and O–H groups in total. The Balaban J connectivity index is 2.36. The number of aromatic nitrogens is 3. The third kappa shape index (κ3) is 2.06. The fourth-order valence-corrected chi connectivity index (χ4v) is 1.70. The summed E-state index contributed by atoms with van der Waals surface area (Å²) in [6.07, 6.45) is 1.55. The Hall–Kier alpha value is -1.95. The van der Waals surface area contributed by atoms with Gasteiger partial charge >= 0.3 is 0 Å². The molecule has 0 aromatic carbocycles. The third-order valence-corrected chi connectivity index (χ3v) is 3.17. The van der Waals surface area contributed by atoms with E-state index in [0.717, 1.165) is 11.1 Å². The van der Waals surface area contributed by atoms with Crippen molar-refractivity contribution in [3.63, 3.8) is 0 Å². The van der Waals surface area contributed by atoms with Crippen LogP contribution in [0.5, 0.6) is 0 Å². The van der Waals surface area contributed by atoms with E-state index in [1.807, 2.05) is 19.9 Å². The molecular weight excluding hydrogens is 230 g/mol. The van der Waals surface area contributed by atoms with Crippen molar-refractivity contribution >= 4 is 16.9 Å². The van der Waals surface area contributed by atoms with Crippen LogP contribution in [-0.2, 0) is 0 Å². The van der Waals surface area contributed by atoms with E-state index in [-0.39, 0.29) is 11.9 Å². The molecule has 18 heavy (non-hydrogen) atoms. The fourth-order valence-electron chi connectivity index (χ4n) is 1.70. The number of nitrogens with two attached hydrogens (primary N) is 1. The van der Waals surface area contributed by atoms with Crippen LogP contribution in [0.15, 0.2) is 12.3 Å². The summed E-state index contributed by atoms with van der Waals surface area (Å²) in [5.74, 6) is -0.0806. The zero-order valence-electron chi connectivity index (χ0n) is 10.8. The van der Waals surface area contributed by atoms with Gasteiger partial charge in [0.05, 0.1) is 5.56 Å². The quantitative estimate of drug-likeness (QED) is 0.835. The Morgan fingerprint density at radius 3 is 3.00 bits per heavy atom. The molecule has 96 valence electrons. The highest BCUT2D eigenvalue weighted by atomic mass is 16.2. The molecule has 6 heteroatoms. The molecule has 0 aliphatic carbocycles. The molecule has 2 rings (SSSR count). The summed E-state index contributed by atoms with van der Waals surface area (Å²) in [5.41, 5.74) is 7.64. The molecule has 2 heterocycles. The van der Waals surface area contributed by atoms with E-state index in [9.17, 15) is 4.79 Å². The van der Waals surface area contributed by atoms with E-state index in [1.165, 1.54) is 0 Å². The highest BCUT2D eigenvalue weighted by Gasteiger charge is 2.17. The lowest BCUT2D eigenvalue weighted by Crippen LogP contribution is -2.39. The van der Waals surface area contributed by atoms with Gasteiger partial charge in [0.2, 0.25) is 0 Å². The molecule has 6 nitrogen and oxygen atoms in total. The van der Waals surface area contributed by atoms with Gasteiger partial charge in [-0.1, -0.05) is 0 Å². The number of amides is 1. The maximum atomic E-state index is 12.2. The van der Waals surface area contributed by atoms with Crippen LogP contribution < -0.4 is 5.73 Å². The van der Waals surface area contributed by atoms with Gasteiger partial charge in [-0.3, -0.25) is 9.89 Å². The van der Waals surface area contributed by atoms with Crippen molar-refractivity contribution in [3.05, 3.63) is 23.5 Å². The number of carbonyl (C=O) groups is 1. The van der Waals surface area contributed by atoms with Crippen molar-refractivity contribution in [3.8, 4) is 0 Å². The fraction of sp³-hybridized carbons (Fsp3) is 0.417. The first kappa shape index (κ1) is 12.5. The Morgan fingerprint density at radius 2 is 2.33 bits per heavy atom. The minimum absolute atomic E-state index is 0.00126. The second-order valence-corrected chi connectivity index (χ2v) is 4.44. The average molecular weight is 247 g/mol. The van der Waals surface area contributed by atoms with Crippen molar-refractivity contribution in [1.82, 2.24) is 20.1 Å². The van der Waals surface area contributed by atoms with Crippen molar-refractivity contribution in [2.24, 2.45) is 5.73 Å². The number of nitrogens with one attached hydrogen (secondary N) is 1. The SMILES string of the molecule is Cc1[nH]nc2ncc(C(=O)N(C)C(C)CN)cc12. The van der Waals surface area contributed by atoms with Gasteiger partial charge in [0.15, 0.2) is 5.65 Å². The number of carbonyl (C=O) groups excluding carboxylic acids is 1.